The van der Waals surface area contributed by atoms with Crippen molar-refractivity contribution < 1.29 is 14.3 Å². The normalized spacial score (nSPS) is 18.8. The Morgan fingerprint density at radius 3 is 2.69 bits per heavy atom. The molecule has 0 saturated carbocycles. The average molecular weight is 392 g/mol. The molecule has 0 bridgehead atoms. The maximum absolute atomic E-state index is 13.3. The van der Waals surface area contributed by atoms with E-state index in [1.54, 1.807) is 30.3 Å². The van der Waals surface area contributed by atoms with Gasteiger partial charge in [-0.05, 0) is 35.9 Å². The number of nitrogens with two attached hydrogens (primary N) is 1. The number of likely N-dealkylation sites (N-methyl/N-ethyl adjacent to an activating group) is 1. The number of phenols is 1. The number of halogens is 1. The molecule has 1 atom stereocenters. The maximum atomic E-state index is 13.3. The Labute approximate surface area is 165 Å². The molecule has 29 heavy (non-hydrogen) atoms. The fourth-order valence-corrected chi connectivity index (χ4v) is 3.34. The largest absolute Gasteiger partial charge is 0.507 e. The first kappa shape index (κ1) is 18.5. The van der Waals surface area contributed by atoms with Crippen LogP contribution in [0.25, 0.3) is 11.1 Å². The van der Waals surface area contributed by atoms with E-state index in [2.05, 4.69) is 20.2 Å². The summed E-state index contributed by atoms with van der Waals surface area (Å²) < 4.78 is 13.2. The second-order valence-electron chi connectivity index (χ2n) is 6.56. The second kappa shape index (κ2) is 6.93. The number of carbonyl (C=O) groups excluding carboxylic acids is 1. The number of nitrogens with zero attached hydrogens (tertiary/aromatic N) is 5. The summed E-state index contributed by atoms with van der Waals surface area (Å²) in [5.41, 5.74) is 6.26. The number of aromatic nitrogens is 3. The molecule has 3 N–H and O–H groups in total. The van der Waals surface area contributed by atoms with Crippen molar-refractivity contribution in [3.8, 4) is 16.9 Å². The number of aliphatic imine (C=N–C) groups is 1. The summed E-state index contributed by atoms with van der Waals surface area (Å²) in [5.74, 6) is -0.413. The topological polar surface area (TPSA) is 118 Å². The zero-order chi connectivity index (χ0) is 20.6. The first-order valence-corrected chi connectivity index (χ1v) is 8.74. The summed E-state index contributed by atoms with van der Waals surface area (Å²) in [4.78, 5) is 23.2. The van der Waals surface area contributed by atoms with E-state index in [4.69, 9.17) is 5.73 Å². The molecule has 0 fully saturated rings. The zero-order valence-electron chi connectivity index (χ0n) is 15.5. The minimum Gasteiger partial charge on any atom is -0.507 e. The van der Waals surface area contributed by atoms with Crippen LogP contribution in [0.4, 0.5) is 4.39 Å². The Bertz CT molecular complexity index is 1120. The van der Waals surface area contributed by atoms with Crippen molar-refractivity contribution >= 4 is 11.9 Å². The lowest BCUT2D eigenvalue weighted by Gasteiger charge is -2.26. The Balaban J connectivity index is 1.98. The number of amides is 1. The first-order valence-electron chi connectivity index (χ1n) is 8.74. The van der Waals surface area contributed by atoms with Gasteiger partial charge in [0.2, 0.25) is 5.54 Å². The first-order chi connectivity index (χ1) is 14.0. The number of alkyl halides is 1. The van der Waals surface area contributed by atoms with E-state index in [9.17, 15) is 14.3 Å². The minimum atomic E-state index is -1.59. The van der Waals surface area contributed by atoms with Gasteiger partial charge in [-0.15, -0.1) is 0 Å². The molecule has 9 heteroatoms. The summed E-state index contributed by atoms with van der Waals surface area (Å²) in [6.45, 7) is -0.781. The van der Waals surface area contributed by atoms with Gasteiger partial charge in [-0.1, -0.05) is 12.1 Å². The van der Waals surface area contributed by atoms with Gasteiger partial charge in [-0.2, -0.15) is 10.2 Å². The van der Waals surface area contributed by atoms with E-state index >= 15 is 0 Å². The molecule has 1 aromatic carbocycles. The molecule has 0 radical (unpaired) electrons. The lowest BCUT2D eigenvalue weighted by molar-refractivity contribution is -0.129. The van der Waals surface area contributed by atoms with Crippen LogP contribution in [0.1, 0.15) is 17.0 Å². The third kappa shape index (κ3) is 2.87. The molecular weight excluding hydrogens is 375 g/mol. The van der Waals surface area contributed by atoms with Gasteiger partial charge in [0.05, 0.1) is 23.8 Å². The van der Waals surface area contributed by atoms with E-state index in [0.717, 1.165) is 0 Å². The van der Waals surface area contributed by atoms with Crippen LogP contribution in [-0.2, 0) is 17.0 Å². The number of hydrogen-bond donors (Lipinski definition) is 2. The molecule has 1 unspecified atom stereocenters. The van der Waals surface area contributed by atoms with Crippen LogP contribution < -0.4 is 5.73 Å². The summed E-state index contributed by atoms with van der Waals surface area (Å²) in [7, 11) is 1.51. The van der Waals surface area contributed by atoms with E-state index in [1.807, 2.05) is 0 Å². The molecular formula is C20H17FN6O2. The number of benzene rings is 1. The highest BCUT2D eigenvalue weighted by Gasteiger charge is 2.51. The van der Waals surface area contributed by atoms with Gasteiger partial charge in [-0.3, -0.25) is 14.7 Å². The lowest BCUT2D eigenvalue weighted by atomic mass is 9.84. The molecule has 8 nitrogen and oxygen atoms in total. The quantitative estimate of drug-likeness (QED) is 0.698. The second-order valence-corrected chi connectivity index (χ2v) is 6.56. The molecule has 0 saturated heterocycles. The number of phenolic OH excluding ortho intramolecular Hbond substituents is 1. The number of pyridine rings is 1. The summed E-state index contributed by atoms with van der Waals surface area (Å²) in [6, 6.07) is 11.1. The van der Waals surface area contributed by atoms with Crippen LogP contribution in [0.15, 0.2) is 59.9 Å². The third-order valence-electron chi connectivity index (χ3n) is 4.86. The van der Waals surface area contributed by atoms with Crippen molar-refractivity contribution in [2.75, 3.05) is 7.05 Å². The monoisotopic (exact) mass is 392 g/mol. The minimum absolute atomic E-state index is 0.00174. The van der Waals surface area contributed by atoms with Gasteiger partial charge in [0.25, 0.3) is 5.91 Å². The van der Waals surface area contributed by atoms with Crippen molar-refractivity contribution in [1.82, 2.24) is 20.1 Å². The Kier molecular flexibility index (Phi) is 4.42. The Morgan fingerprint density at radius 1 is 1.21 bits per heavy atom. The maximum Gasteiger partial charge on any atom is 0.267 e. The zero-order valence-corrected chi connectivity index (χ0v) is 15.5. The molecule has 2 aromatic heterocycles. The van der Waals surface area contributed by atoms with Crippen LogP contribution >= 0.6 is 0 Å². The van der Waals surface area contributed by atoms with E-state index in [0.29, 0.717) is 16.7 Å². The average Bonchev–Trinajstić information content (AvgIpc) is 2.99. The number of guanidine groups is 1. The van der Waals surface area contributed by atoms with Gasteiger partial charge in [-0.25, -0.2) is 9.38 Å². The van der Waals surface area contributed by atoms with Gasteiger partial charge in [0, 0.05) is 18.2 Å². The smallest absolute Gasteiger partial charge is 0.267 e. The van der Waals surface area contributed by atoms with Crippen LogP contribution in [0.3, 0.4) is 0 Å². The van der Waals surface area contributed by atoms with Crippen molar-refractivity contribution in [2.45, 2.75) is 12.2 Å². The van der Waals surface area contributed by atoms with Gasteiger partial charge in [0.15, 0.2) is 5.96 Å². The van der Waals surface area contributed by atoms with E-state index < -0.39 is 18.1 Å². The van der Waals surface area contributed by atoms with Crippen LogP contribution in [-0.4, -0.2) is 44.1 Å². The van der Waals surface area contributed by atoms with Gasteiger partial charge < -0.3 is 10.8 Å². The van der Waals surface area contributed by atoms with Crippen LogP contribution in [0.2, 0.25) is 0 Å². The Hall–Kier alpha value is -3.88. The summed E-state index contributed by atoms with van der Waals surface area (Å²) in [6.07, 6.45) is 2.99. The number of aromatic hydroxyl groups is 1. The summed E-state index contributed by atoms with van der Waals surface area (Å²) in [5, 5.41) is 17.9. The molecule has 146 valence electrons. The number of rotatable bonds is 4. The predicted molar refractivity (Wildman–Crippen MR) is 103 cm³/mol. The Morgan fingerprint density at radius 2 is 2.03 bits per heavy atom. The van der Waals surface area contributed by atoms with Crippen LogP contribution in [0, 0.1) is 0 Å². The molecule has 3 heterocycles. The summed E-state index contributed by atoms with van der Waals surface area (Å²) >= 11 is 0. The molecule has 3 aromatic rings. The fraction of sp³-hybridized carbons (Fsp3) is 0.150. The lowest BCUT2D eigenvalue weighted by Crippen LogP contribution is -2.41. The third-order valence-corrected chi connectivity index (χ3v) is 4.86. The standard InChI is InChI=1S/C20H17FN6O2/c1-27-18(29)20(26-19(27)22,17-4-2-3-14(10-21)25-17)13-5-6-16(28)15(9-13)12-7-8-23-24-11-12/h2-9,11,28H,10H2,1H3,(H2,22,26). The molecule has 4 rings (SSSR count). The molecule has 0 spiro atoms. The number of carbonyl (C=O) groups is 1. The molecule has 1 amide bonds. The number of hydrogen-bond acceptors (Lipinski definition) is 7. The van der Waals surface area contributed by atoms with E-state index in [1.165, 1.54) is 36.5 Å². The molecule has 0 aliphatic carbocycles. The SMILES string of the molecule is CN1C(=O)C(c2ccc(O)c(-c3ccnnc3)c2)(c2cccc(CF)n2)N=C1N. The van der Waals surface area contributed by atoms with Crippen molar-refractivity contribution in [3.63, 3.8) is 0 Å². The van der Waals surface area contributed by atoms with Crippen molar-refractivity contribution in [3.05, 3.63) is 71.8 Å². The van der Waals surface area contributed by atoms with Crippen molar-refractivity contribution in [1.29, 1.82) is 0 Å². The van der Waals surface area contributed by atoms with Crippen molar-refractivity contribution in [2.24, 2.45) is 10.7 Å². The molecule has 1 aliphatic rings. The van der Waals surface area contributed by atoms with Gasteiger partial charge in [0.1, 0.15) is 12.4 Å². The molecule has 1 aliphatic heterocycles. The highest BCUT2D eigenvalue weighted by atomic mass is 19.1. The van der Waals surface area contributed by atoms with Crippen LogP contribution in [0.5, 0.6) is 5.75 Å². The predicted octanol–water partition coefficient (Wildman–Crippen LogP) is 1.74. The highest BCUT2D eigenvalue weighted by Crippen LogP contribution is 2.41. The van der Waals surface area contributed by atoms with E-state index in [-0.39, 0.29) is 23.1 Å². The fourth-order valence-electron chi connectivity index (χ4n) is 3.34. The van der Waals surface area contributed by atoms with Gasteiger partial charge >= 0.3 is 0 Å². The highest BCUT2D eigenvalue weighted by molar-refractivity contribution is 6.08.